The van der Waals surface area contributed by atoms with Gasteiger partial charge in [-0.1, -0.05) is 406 Å². The first-order chi connectivity index (χ1) is 41.3. The van der Waals surface area contributed by atoms with E-state index < -0.39 is 26.5 Å². The maximum absolute atomic E-state index is 12.8. The molecule has 0 aliphatic carbocycles. The third-order valence-corrected chi connectivity index (χ3v) is 18.7. The van der Waals surface area contributed by atoms with E-state index in [4.69, 9.17) is 24.3 Å². The molecule has 0 spiro atoms. The quantitative estimate of drug-likeness (QED) is 0.0347. The van der Waals surface area contributed by atoms with Crippen LogP contribution in [0, 0.1) is 0 Å². The normalized spacial score (nSPS) is 12.8. The first kappa shape index (κ1) is 83.0. The Labute approximate surface area is 524 Å². The molecular weight excluding hydrogens is 1060 g/mol. The second-order valence-corrected chi connectivity index (χ2v) is 27.7. The summed E-state index contributed by atoms with van der Waals surface area (Å²) in [5, 5.41) is 0. The first-order valence-corrected chi connectivity index (χ1v) is 39.5. The number of ether oxygens (including phenoxy) is 2. The van der Waals surface area contributed by atoms with Gasteiger partial charge in [0.25, 0.3) is 0 Å². The van der Waals surface area contributed by atoms with Crippen molar-refractivity contribution in [2.24, 2.45) is 5.73 Å². The van der Waals surface area contributed by atoms with Crippen LogP contribution in [-0.4, -0.2) is 49.3 Å². The summed E-state index contributed by atoms with van der Waals surface area (Å²) in [5.74, 6) is -0.795. The number of phosphoric acid groups is 1. The minimum atomic E-state index is -4.39. The van der Waals surface area contributed by atoms with E-state index in [2.05, 4.69) is 13.8 Å². The van der Waals surface area contributed by atoms with Crippen molar-refractivity contribution in [1.82, 2.24) is 0 Å². The first-order valence-electron chi connectivity index (χ1n) is 38.0. The molecule has 0 bridgehead atoms. The fourth-order valence-corrected chi connectivity index (χ4v) is 12.9. The summed E-state index contributed by atoms with van der Waals surface area (Å²) < 4.78 is 33.2. The zero-order valence-corrected chi connectivity index (χ0v) is 57.6. The summed E-state index contributed by atoms with van der Waals surface area (Å²) in [7, 11) is -4.39. The maximum Gasteiger partial charge on any atom is 0.472 e. The van der Waals surface area contributed by atoms with Crippen LogP contribution < -0.4 is 5.73 Å². The van der Waals surface area contributed by atoms with E-state index >= 15 is 0 Å². The van der Waals surface area contributed by atoms with Crippen LogP contribution in [0.3, 0.4) is 0 Å². The van der Waals surface area contributed by atoms with Crippen molar-refractivity contribution < 1.29 is 37.6 Å². The lowest BCUT2D eigenvalue weighted by Crippen LogP contribution is -2.29. The van der Waals surface area contributed by atoms with E-state index in [1.54, 1.807) is 0 Å². The molecule has 2 unspecified atom stereocenters. The average Bonchev–Trinajstić information content (AvgIpc) is 3.58. The Kier molecular flexibility index (Phi) is 70.3. The van der Waals surface area contributed by atoms with Crippen molar-refractivity contribution in [3.05, 3.63) is 0 Å². The molecule has 0 rings (SSSR count). The highest BCUT2D eigenvalue weighted by Gasteiger charge is 2.26. The van der Waals surface area contributed by atoms with E-state index in [1.807, 2.05) is 0 Å². The fourth-order valence-electron chi connectivity index (χ4n) is 12.1. The van der Waals surface area contributed by atoms with Crippen molar-refractivity contribution in [2.75, 3.05) is 26.4 Å². The van der Waals surface area contributed by atoms with Crippen molar-refractivity contribution in [1.29, 1.82) is 0 Å². The molecule has 0 aliphatic rings. The number of nitrogens with two attached hydrogens (primary N) is 1. The number of unbranched alkanes of at least 4 members (excludes halogenated alkanes) is 61. The minimum absolute atomic E-state index is 0.0589. The molecule has 502 valence electrons. The molecule has 0 fully saturated rings. The summed E-state index contributed by atoms with van der Waals surface area (Å²) in [6.07, 6.45) is 85.2. The largest absolute Gasteiger partial charge is 0.472 e. The minimum Gasteiger partial charge on any atom is -0.462 e. The van der Waals surface area contributed by atoms with Crippen molar-refractivity contribution in [3.8, 4) is 0 Å². The SMILES string of the molecule is CCCCCCCCCCCCCCCCCCCCCCCCCCCCCCCCCCCCCC(=O)OC(COC(=O)CCCCCCCCCCCCCCCCCCCCCCCCCCCCCC)COP(=O)(O)OCCN. The molecular formula is C74H148NO8P. The Morgan fingerprint density at radius 1 is 0.310 bits per heavy atom. The second kappa shape index (κ2) is 71.1. The van der Waals surface area contributed by atoms with Crippen LogP contribution in [0.1, 0.15) is 431 Å². The number of carbonyl (C=O) groups excluding carboxylic acids is 2. The molecule has 9 nitrogen and oxygen atoms in total. The predicted molar refractivity (Wildman–Crippen MR) is 363 cm³/mol. The Balaban J connectivity index is 3.75. The fraction of sp³-hybridized carbons (Fsp3) is 0.973. The van der Waals surface area contributed by atoms with E-state index in [-0.39, 0.29) is 32.1 Å². The topological polar surface area (TPSA) is 134 Å². The van der Waals surface area contributed by atoms with Crippen molar-refractivity contribution in [2.45, 2.75) is 437 Å². The zero-order valence-electron chi connectivity index (χ0n) is 56.7. The van der Waals surface area contributed by atoms with E-state index in [1.165, 1.54) is 366 Å². The highest BCUT2D eigenvalue weighted by Crippen LogP contribution is 2.43. The van der Waals surface area contributed by atoms with Gasteiger partial charge in [0.15, 0.2) is 6.10 Å². The van der Waals surface area contributed by atoms with E-state index in [0.29, 0.717) is 12.8 Å². The molecule has 0 radical (unpaired) electrons. The maximum atomic E-state index is 12.8. The lowest BCUT2D eigenvalue weighted by Gasteiger charge is -2.19. The standard InChI is InChI=1S/C74H148NO8P/c1-3-5-7-9-11-13-15-17-19-21-23-25-27-29-31-33-34-35-36-37-38-39-41-43-45-47-49-51-53-55-57-59-61-63-65-67-74(77)83-72(71-82-84(78,79)81-69-68-75)70-80-73(76)66-64-62-60-58-56-54-52-50-48-46-44-42-40-32-30-28-26-24-22-20-18-16-14-12-10-8-6-4-2/h72H,3-71,75H2,1-2H3,(H,78,79). The van der Waals surface area contributed by atoms with Gasteiger partial charge in [0, 0.05) is 19.4 Å². The number of esters is 2. The molecule has 0 aliphatic heterocycles. The molecule has 2 atom stereocenters. The summed E-state index contributed by atoms with van der Waals surface area (Å²) in [4.78, 5) is 35.4. The third-order valence-electron chi connectivity index (χ3n) is 17.7. The van der Waals surface area contributed by atoms with Crippen LogP contribution in [-0.2, 0) is 32.7 Å². The van der Waals surface area contributed by atoms with Gasteiger partial charge in [-0.25, -0.2) is 4.57 Å². The molecule has 0 aromatic heterocycles. The molecule has 0 aromatic carbocycles. The van der Waals surface area contributed by atoms with Crippen LogP contribution in [0.25, 0.3) is 0 Å². The average molecular weight is 1210 g/mol. The lowest BCUT2D eigenvalue weighted by atomic mass is 10.0. The lowest BCUT2D eigenvalue weighted by molar-refractivity contribution is -0.161. The van der Waals surface area contributed by atoms with Crippen LogP contribution in [0.4, 0.5) is 0 Å². The zero-order chi connectivity index (χ0) is 60.9. The highest BCUT2D eigenvalue weighted by molar-refractivity contribution is 7.47. The van der Waals surface area contributed by atoms with Gasteiger partial charge in [0.2, 0.25) is 0 Å². The highest BCUT2D eigenvalue weighted by atomic mass is 31.2. The molecule has 3 N–H and O–H groups in total. The molecule has 0 saturated carbocycles. The monoisotopic (exact) mass is 1210 g/mol. The van der Waals surface area contributed by atoms with Crippen LogP contribution in [0.5, 0.6) is 0 Å². The van der Waals surface area contributed by atoms with Gasteiger partial charge in [-0.05, 0) is 12.8 Å². The van der Waals surface area contributed by atoms with Crippen molar-refractivity contribution in [3.63, 3.8) is 0 Å². The smallest absolute Gasteiger partial charge is 0.462 e. The molecule has 0 amide bonds. The van der Waals surface area contributed by atoms with Crippen LogP contribution in [0.15, 0.2) is 0 Å². The Morgan fingerprint density at radius 3 is 0.726 bits per heavy atom. The number of phosphoric ester groups is 1. The number of hydrogen-bond acceptors (Lipinski definition) is 8. The van der Waals surface area contributed by atoms with E-state index in [0.717, 1.165) is 32.1 Å². The molecule has 84 heavy (non-hydrogen) atoms. The Morgan fingerprint density at radius 2 is 0.512 bits per heavy atom. The van der Waals surface area contributed by atoms with Gasteiger partial charge < -0.3 is 20.1 Å². The van der Waals surface area contributed by atoms with Gasteiger partial charge in [0.05, 0.1) is 13.2 Å². The van der Waals surface area contributed by atoms with Gasteiger partial charge in [0.1, 0.15) is 6.61 Å². The summed E-state index contributed by atoms with van der Waals surface area (Å²) >= 11 is 0. The third kappa shape index (κ3) is 70.1. The van der Waals surface area contributed by atoms with Gasteiger partial charge in [-0.15, -0.1) is 0 Å². The van der Waals surface area contributed by atoms with Gasteiger partial charge >= 0.3 is 19.8 Å². The number of hydrogen-bond donors (Lipinski definition) is 2. The summed E-state index contributed by atoms with van der Waals surface area (Å²) in [5.41, 5.74) is 5.41. The van der Waals surface area contributed by atoms with Gasteiger partial charge in [-0.2, -0.15) is 0 Å². The Hall–Kier alpha value is -0.990. The summed E-state index contributed by atoms with van der Waals surface area (Å²) in [6.45, 7) is 3.85. The molecule has 0 saturated heterocycles. The molecule has 10 heteroatoms. The van der Waals surface area contributed by atoms with Gasteiger partial charge in [-0.3, -0.25) is 18.6 Å². The van der Waals surface area contributed by atoms with E-state index in [9.17, 15) is 19.0 Å². The second-order valence-electron chi connectivity index (χ2n) is 26.2. The predicted octanol–water partition coefficient (Wildman–Crippen LogP) is 24.9. The number of carbonyl (C=O) groups is 2. The Bertz CT molecular complexity index is 1340. The number of rotatable bonds is 74. The summed E-state index contributed by atoms with van der Waals surface area (Å²) in [6, 6.07) is 0. The van der Waals surface area contributed by atoms with Crippen LogP contribution in [0.2, 0.25) is 0 Å². The van der Waals surface area contributed by atoms with Crippen molar-refractivity contribution >= 4 is 19.8 Å². The van der Waals surface area contributed by atoms with Crippen LogP contribution >= 0.6 is 7.82 Å². The molecule has 0 heterocycles. The molecule has 0 aromatic rings.